The highest BCUT2D eigenvalue weighted by Gasteiger charge is 2.04. The fourth-order valence-electron chi connectivity index (χ4n) is 1.82. The van der Waals surface area contributed by atoms with Crippen molar-refractivity contribution >= 4 is 11.8 Å². The summed E-state index contributed by atoms with van der Waals surface area (Å²) >= 11 is 1.65. The fraction of sp³-hybridized carbons (Fsp3) is 0.250. The topological polar surface area (TPSA) is 20.2 Å². The molecule has 0 aliphatic heterocycles. The van der Waals surface area contributed by atoms with Crippen molar-refractivity contribution in [1.29, 1.82) is 0 Å². The fourth-order valence-corrected chi connectivity index (χ4v) is 2.85. The minimum Gasteiger partial charge on any atom is -0.389 e. The molecule has 0 aromatic heterocycles. The van der Waals surface area contributed by atoms with Crippen LogP contribution in [0, 0.1) is 12.7 Å². The highest BCUT2D eigenvalue weighted by atomic mass is 32.2. The Balaban J connectivity index is 2.10. The summed E-state index contributed by atoms with van der Waals surface area (Å²) in [5.41, 5.74) is 3.01. The summed E-state index contributed by atoms with van der Waals surface area (Å²) in [5.74, 6) is 0.534. The van der Waals surface area contributed by atoms with E-state index in [4.69, 9.17) is 0 Å². The first kappa shape index (κ1) is 14.1. The van der Waals surface area contributed by atoms with E-state index in [-0.39, 0.29) is 5.82 Å². The number of benzene rings is 2. The van der Waals surface area contributed by atoms with E-state index in [0.717, 1.165) is 27.3 Å². The molecule has 1 N–H and O–H groups in total. The van der Waals surface area contributed by atoms with Crippen LogP contribution in [0.15, 0.2) is 47.4 Å². The van der Waals surface area contributed by atoms with Gasteiger partial charge in [-0.15, -0.1) is 11.8 Å². The molecule has 0 amide bonds. The van der Waals surface area contributed by atoms with Crippen LogP contribution in [0.1, 0.15) is 29.7 Å². The summed E-state index contributed by atoms with van der Waals surface area (Å²) in [6.07, 6.45) is -0.462. The Kier molecular flexibility index (Phi) is 4.61. The average Bonchev–Trinajstić information content (AvgIpc) is 2.40. The first-order chi connectivity index (χ1) is 9.06. The second-order valence-corrected chi connectivity index (χ2v) is 5.66. The molecule has 0 spiro atoms. The number of aliphatic hydroxyl groups excluding tert-OH is 1. The van der Waals surface area contributed by atoms with Gasteiger partial charge in [-0.25, -0.2) is 4.39 Å². The first-order valence-corrected chi connectivity index (χ1v) is 7.20. The Hall–Kier alpha value is -1.32. The van der Waals surface area contributed by atoms with Gasteiger partial charge in [-0.2, -0.15) is 0 Å². The Morgan fingerprint density at radius 1 is 1.21 bits per heavy atom. The lowest BCUT2D eigenvalue weighted by atomic mass is 10.1. The normalized spacial score (nSPS) is 12.4. The minimum atomic E-state index is -0.462. The number of thioether (sulfide) groups is 1. The summed E-state index contributed by atoms with van der Waals surface area (Å²) in [4.78, 5) is 1.09. The van der Waals surface area contributed by atoms with E-state index in [1.807, 2.05) is 31.2 Å². The van der Waals surface area contributed by atoms with Crippen LogP contribution in [0.5, 0.6) is 0 Å². The summed E-state index contributed by atoms with van der Waals surface area (Å²) in [5, 5.41) is 9.56. The molecule has 0 radical (unpaired) electrons. The molecule has 3 heteroatoms. The lowest BCUT2D eigenvalue weighted by molar-refractivity contribution is 0.199. The van der Waals surface area contributed by atoms with E-state index in [1.54, 1.807) is 30.8 Å². The summed E-state index contributed by atoms with van der Waals surface area (Å²) in [6, 6.07) is 12.7. The Morgan fingerprint density at radius 3 is 2.74 bits per heavy atom. The SMILES string of the molecule is Cc1ccc(F)cc1CSc1cccc(C(C)O)c1. The highest BCUT2D eigenvalue weighted by molar-refractivity contribution is 7.98. The molecule has 0 bridgehead atoms. The lowest BCUT2D eigenvalue weighted by Gasteiger charge is -2.09. The molecule has 0 aliphatic carbocycles. The predicted molar refractivity (Wildman–Crippen MR) is 77.8 cm³/mol. The van der Waals surface area contributed by atoms with Gasteiger partial charge in [-0.05, 0) is 54.8 Å². The zero-order chi connectivity index (χ0) is 13.8. The quantitative estimate of drug-likeness (QED) is 0.831. The first-order valence-electron chi connectivity index (χ1n) is 6.22. The van der Waals surface area contributed by atoms with Gasteiger partial charge in [0.2, 0.25) is 0 Å². The summed E-state index contributed by atoms with van der Waals surface area (Å²) < 4.78 is 13.2. The van der Waals surface area contributed by atoms with Gasteiger partial charge in [0.1, 0.15) is 5.82 Å². The van der Waals surface area contributed by atoms with Crippen LogP contribution in [0.3, 0.4) is 0 Å². The molecule has 1 nitrogen and oxygen atoms in total. The highest BCUT2D eigenvalue weighted by Crippen LogP contribution is 2.27. The van der Waals surface area contributed by atoms with Crippen LogP contribution in [0.25, 0.3) is 0 Å². The lowest BCUT2D eigenvalue weighted by Crippen LogP contribution is -1.91. The van der Waals surface area contributed by atoms with E-state index in [1.165, 1.54) is 6.07 Å². The maximum atomic E-state index is 13.2. The van der Waals surface area contributed by atoms with E-state index < -0.39 is 6.10 Å². The molecule has 0 fully saturated rings. The standard InChI is InChI=1S/C16H17FOS/c1-11-6-7-15(17)8-14(11)10-19-16-5-3-4-13(9-16)12(2)18/h3-9,12,18H,10H2,1-2H3. The van der Waals surface area contributed by atoms with Gasteiger partial charge in [-0.1, -0.05) is 18.2 Å². The number of hydrogen-bond acceptors (Lipinski definition) is 2. The molecular weight excluding hydrogens is 259 g/mol. The smallest absolute Gasteiger partial charge is 0.123 e. The molecule has 0 aliphatic rings. The molecule has 1 unspecified atom stereocenters. The van der Waals surface area contributed by atoms with Crippen molar-refractivity contribution in [2.24, 2.45) is 0 Å². The van der Waals surface area contributed by atoms with Crippen LogP contribution >= 0.6 is 11.8 Å². The van der Waals surface area contributed by atoms with Gasteiger partial charge in [-0.3, -0.25) is 0 Å². The van der Waals surface area contributed by atoms with E-state index in [2.05, 4.69) is 0 Å². The van der Waals surface area contributed by atoms with E-state index in [0.29, 0.717) is 0 Å². The predicted octanol–water partition coefficient (Wildman–Crippen LogP) is 4.48. The van der Waals surface area contributed by atoms with Crippen LogP contribution in [0.4, 0.5) is 4.39 Å². The minimum absolute atomic E-state index is 0.195. The maximum absolute atomic E-state index is 13.2. The molecule has 0 heterocycles. The molecule has 100 valence electrons. The summed E-state index contributed by atoms with van der Waals surface area (Å²) in [7, 11) is 0. The van der Waals surface area contributed by atoms with Gasteiger partial charge < -0.3 is 5.11 Å². The third-order valence-electron chi connectivity index (χ3n) is 3.05. The third-order valence-corrected chi connectivity index (χ3v) is 4.09. The van der Waals surface area contributed by atoms with E-state index >= 15 is 0 Å². The number of aryl methyl sites for hydroxylation is 1. The second kappa shape index (κ2) is 6.22. The third kappa shape index (κ3) is 3.82. The molecule has 19 heavy (non-hydrogen) atoms. The Bertz CT molecular complexity index is 566. The van der Waals surface area contributed by atoms with Crippen molar-refractivity contribution in [2.75, 3.05) is 0 Å². The van der Waals surface area contributed by atoms with Crippen molar-refractivity contribution in [2.45, 2.75) is 30.6 Å². The van der Waals surface area contributed by atoms with Gasteiger partial charge in [0.05, 0.1) is 6.10 Å². The second-order valence-electron chi connectivity index (χ2n) is 4.61. The van der Waals surface area contributed by atoms with E-state index in [9.17, 15) is 9.50 Å². The molecule has 1 atom stereocenters. The van der Waals surface area contributed by atoms with Crippen molar-refractivity contribution < 1.29 is 9.50 Å². The molecule has 2 rings (SSSR count). The Labute approximate surface area is 117 Å². The van der Waals surface area contributed by atoms with Gasteiger partial charge in [0.25, 0.3) is 0 Å². The zero-order valence-electron chi connectivity index (χ0n) is 11.1. The number of hydrogen-bond donors (Lipinski definition) is 1. The van der Waals surface area contributed by atoms with Crippen LogP contribution in [-0.2, 0) is 5.75 Å². The van der Waals surface area contributed by atoms with Gasteiger partial charge >= 0.3 is 0 Å². The van der Waals surface area contributed by atoms with Gasteiger partial charge in [0, 0.05) is 10.6 Å². The molecule has 2 aromatic carbocycles. The maximum Gasteiger partial charge on any atom is 0.123 e. The number of halogens is 1. The average molecular weight is 276 g/mol. The molecule has 2 aromatic rings. The Morgan fingerprint density at radius 2 is 2.00 bits per heavy atom. The van der Waals surface area contributed by atoms with Crippen LogP contribution < -0.4 is 0 Å². The molecule has 0 saturated carbocycles. The van der Waals surface area contributed by atoms with Crippen molar-refractivity contribution in [1.82, 2.24) is 0 Å². The van der Waals surface area contributed by atoms with Gasteiger partial charge in [0.15, 0.2) is 0 Å². The van der Waals surface area contributed by atoms with Crippen molar-refractivity contribution in [3.8, 4) is 0 Å². The number of aliphatic hydroxyl groups is 1. The summed E-state index contributed by atoms with van der Waals surface area (Å²) in [6.45, 7) is 3.74. The monoisotopic (exact) mass is 276 g/mol. The largest absolute Gasteiger partial charge is 0.389 e. The van der Waals surface area contributed by atoms with Crippen LogP contribution in [-0.4, -0.2) is 5.11 Å². The van der Waals surface area contributed by atoms with Crippen molar-refractivity contribution in [3.63, 3.8) is 0 Å². The zero-order valence-corrected chi connectivity index (χ0v) is 11.9. The number of rotatable bonds is 4. The van der Waals surface area contributed by atoms with Crippen molar-refractivity contribution in [3.05, 3.63) is 65.0 Å². The molecule has 0 saturated heterocycles. The molecular formula is C16H17FOS. The van der Waals surface area contributed by atoms with Crippen LogP contribution in [0.2, 0.25) is 0 Å².